The summed E-state index contributed by atoms with van der Waals surface area (Å²) in [7, 11) is 0. The molecule has 0 heterocycles. The van der Waals surface area contributed by atoms with Gasteiger partial charge in [-0.3, -0.25) is 4.79 Å². The summed E-state index contributed by atoms with van der Waals surface area (Å²) in [5, 5.41) is 7.87. The van der Waals surface area contributed by atoms with Crippen LogP contribution in [-0.2, 0) is 4.79 Å². The molecule has 0 aliphatic heterocycles. The second-order valence-corrected chi connectivity index (χ2v) is 1.13. The molecule has 0 bridgehead atoms. The van der Waals surface area contributed by atoms with Crippen LogP contribution >= 0.6 is 0 Å². The molecule has 0 aliphatic rings. The lowest BCUT2D eigenvalue weighted by atomic mass is 11.1. The van der Waals surface area contributed by atoms with E-state index in [0.29, 0.717) is 0 Å². The summed E-state index contributed by atoms with van der Waals surface area (Å²) >= 11 is 0. The van der Waals surface area contributed by atoms with E-state index < -0.39 is 12.0 Å². The van der Waals surface area contributed by atoms with Gasteiger partial charge in [0.05, 0.1) is 0 Å². The maximum absolute atomic E-state index is 9.57. The number of rotatable bonds is 1. The summed E-state index contributed by atoms with van der Waals surface area (Å²) in [6.07, 6.45) is 0. The highest BCUT2D eigenvalue weighted by Crippen LogP contribution is 1.68. The zero-order chi connectivity index (χ0) is 5.15. The summed E-state index contributed by atoms with van der Waals surface area (Å²) in [5.74, 6) is -0.963. The third-order valence-corrected chi connectivity index (χ3v) is 0.390. The van der Waals surface area contributed by atoms with Gasteiger partial charge >= 0.3 is 5.97 Å². The Bertz CT molecular complexity index is 59.8. The van der Waals surface area contributed by atoms with Crippen molar-refractivity contribution in [2.24, 2.45) is 5.73 Å². The van der Waals surface area contributed by atoms with Gasteiger partial charge in [-0.1, -0.05) is 0 Å². The standard InChI is InChI=1S/C3H7NO2/c1-2(4)3(5)6/h2H,4H2,1H3,(H,5,6)/t2-/m0/s1/i2+1,3+1,4+1. The van der Waals surface area contributed by atoms with Crippen molar-refractivity contribution in [2.45, 2.75) is 13.0 Å². The normalized spacial score (nSPS) is 13.7. The van der Waals surface area contributed by atoms with Crippen LogP contribution in [0.25, 0.3) is 0 Å². The molecule has 3 N–H and O–H groups in total. The average molecular weight is 92.1 g/mol. The fourth-order valence-corrected chi connectivity index (χ4v) is 0. The predicted octanol–water partition coefficient (Wildman–Crippen LogP) is -0.582. The molecule has 6 heavy (non-hydrogen) atoms. The maximum atomic E-state index is 9.57. The van der Waals surface area contributed by atoms with Crippen molar-refractivity contribution in [3.63, 3.8) is 0 Å². The fraction of sp³-hybridized carbons (Fsp3) is 0.667. The Labute approximate surface area is 35.8 Å². The number of aliphatic carboxylic acids is 1. The van der Waals surface area contributed by atoms with Gasteiger partial charge in [-0.05, 0) is 6.92 Å². The van der Waals surface area contributed by atoms with Gasteiger partial charge in [0.15, 0.2) is 0 Å². The predicted molar refractivity (Wildman–Crippen MR) is 21.3 cm³/mol. The minimum Gasteiger partial charge on any atom is -0.480 e. The first-order chi connectivity index (χ1) is 2.64. The van der Waals surface area contributed by atoms with E-state index in [-0.39, 0.29) is 0 Å². The molecule has 0 saturated heterocycles. The minimum atomic E-state index is -0.963. The van der Waals surface area contributed by atoms with E-state index in [1.54, 1.807) is 0 Å². The number of nitrogens with two attached hydrogens (primary N) is 1. The lowest BCUT2D eigenvalue weighted by Crippen LogP contribution is -2.25. The molecule has 0 unspecified atom stereocenters. The first-order valence-electron chi connectivity index (χ1n) is 1.63. The molecular weight excluding hydrogens is 85.0 g/mol. The van der Waals surface area contributed by atoms with E-state index in [4.69, 9.17) is 10.8 Å². The van der Waals surface area contributed by atoms with E-state index in [1.807, 2.05) is 0 Å². The zero-order valence-electron chi connectivity index (χ0n) is 3.51. The Hall–Kier alpha value is -0.570. The Morgan fingerprint density at radius 3 is 2.17 bits per heavy atom. The third-order valence-electron chi connectivity index (χ3n) is 0.390. The molecule has 0 amide bonds. The maximum Gasteiger partial charge on any atom is 0.320 e. The van der Waals surface area contributed by atoms with Crippen molar-refractivity contribution >= 4 is 5.97 Å². The highest BCUT2D eigenvalue weighted by atomic mass is 16.5. The summed E-state index contributed by atoms with van der Waals surface area (Å²) in [6.45, 7) is 1.42. The molecule has 0 aromatic heterocycles. The quantitative estimate of drug-likeness (QED) is 0.336. The van der Waals surface area contributed by atoms with Gasteiger partial charge < -0.3 is 10.8 Å². The van der Waals surface area contributed by atoms with E-state index >= 15 is 0 Å². The first-order valence-corrected chi connectivity index (χ1v) is 1.63. The Morgan fingerprint density at radius 1 is 2.00 bits per heavy atom. The average Bonchev–Trinajstić information content (AvgIpc) is 1.36. The van der Waals surface area contributed by atoms with E-state index in [9.17, 15) is 4.79 Å². The number of carboxylic acids is 1. The van der Waals surface area contributed by atoms with Crippen LogP contribution in [0.2, 0.25) is 0 Å². The molecule has 0 aromatic carbocycles. The van der Waals surface area contributed by atoms with Crippen LogP contribution in [0.4, 0.5) is 0 Å². The highest BCUT2D eigenvalue weighted by molar-refractivity contribution is 5.72. The largest absolute Gasteiger partial charge is 0.480 e. The Morgan fingerprint density at radius 2 is 2.17 bits per heavy atom. The lowest BCUT2D eigenvalue weighted by molar-refractivity contribution is -0.138. The second kappa shape index (κ2) is 1.77. The zero-order valence-corrected chi connectivity index (χ0v) is 3.51. The number of hydrogen-bond donors (Lipinski definition) is 2. The van der Waals surface area contributed by atoms with Crippen LogP contribution in [0.15, 0.2) is 0 Å². The highest BCUT2D eigenvalue weighted by Gasteiger charge is 1.99. The minimum absolute atomic E-state index is 0.731. The van der Waals surface area contributed by atoms with Crippen molar-refractivity contribution in [2.75, 3.05) is 0 Å². The van der Waals surface area contributed by atoms with E-state index in [0.717, 1.165) is 0 Å². The van der Waals surface area contributed by atoms with Crippen molar-refractivity contribution in [1.82, 2.24) is 0 Å². The van der Waals surface area contributed by atoms with Gasteiger partial charge in [0.25, 0.3) is 0 Å². The van der Waals surface area contributed by atoms with Crippen LogP contribution in [0.1, 0.15) is 6.92 Å². The molecule has 0 aliphatic carbocycles. The third kappa shape index (κ3) is 1.72. The van der Waals surface area contributed by atoms with Crippen molar-refractivity contribution < 1.29 is 9.90 Å². The van der Waals surface area contributed by atoms with Gasteiger partial charge in [0, 0.05) is 0 Å². The molecule has 0 spiro atoms. The molecule has 0 fully saturated rings. The van der Waals surface area contributed by atoms with Crippen molar-refractivity contribution in [3.8, 4) is 0 Å². The molecule has 0 saturated carbocycles. The molecule has 0 aromatic rings. The van der Waals surface area contributed by atoms with Gasteiger partial charge in [-0.2, -0.15) is 0 Å². The topological polar surface area (TPSA) is 63.3 Å². The summed E-state index contributed by atoms with van der Waals surface area (Å²) in [5.41, 5.74) is 4.84. The van der Waals surface area contributed by atoms with E-state index in [1.165, 1.54) is 6.92 Å². The molecule has 0 radical (unpaired) electrons. The van der Waals surface area contributed by atoms with Gasteiger partial charge in [0.2, 0.25) is 0 Å². The molecule has 3 heteroatoms. The van der Waals surface area contributed by atoms with Gasteiger partial charge in [-0.25, -0.2) is 0 Å². The molecular formula is C3H7NO2. The Kier molecular flexibility index (Phi) is 1.60. The van der Waals surface area contributed by atoms with Crippen LogP contribution in [0, 0.1) is 0 Å². The molecule has 0 rings (SSSR count). The van der Waals surface area contributed by atoms with Crippen molar-refractivity contribution in [1.29, 1.82) is 0 Å². The summed E-state index contributed by atoms with van der Waals surface area (Å²) in [4.78, 5) is 9.57. The van der Waals surface area contributed by atoms with Gasteiger partial charge in [-0.15, -0.1) is 0 Å². The molecule has 36 valence electrons. The summed E-state index contributed by atoms with van der Waals surface area (Å²) < 4.78 is 0. The van der Waals surface area contributed by atoms with Crippen molar-refractivity contribution in [3.05, 3.63) is 0 Å². The molecule has 1 atom stereocenters. The molecule has 3 nitrogen and oxygen atoms in total. The smallest absolute Gasteiger partial charge is 0.320 e. The van der Waals surface area contributed by atoms with Crippen LogP contribution < -0.4 is 5.73 Å². The Balaban J connectivity index is 3.26. The first kappa shape index (κ1) is 5.43. The number of carboxylic acid groups (broad SMARTS) is 1. The number of hydrogen-bond acceptors (Lipinski definition) is 2. The monoisotopic (exact) mass is 92.1 g/mol. The lowest BCUT2D eigenvalue weighted by Gasteiger charge is -1.90. The van der Waals surface area contributed by atoms with E-state index in [2.05, 4.69) is 0 Å². The SMILES string of the molecule is C[13C@H]([15NH2])[13C](=O)O. The van der Waals surface area contributed by atoms with Crippen LogP contribution in [0.5, 0.6) is 0 Å². The fourth-order valence-electron chi connectivity index (χ4n) is 0. The summed E-state index contributed by atoms with van der Waals surface area (Å²) in [6, 6.07) is -0.731. The van der Waals surface area contributed by atoms with Crippen LogP contribution in [0.3, 0.4) is 0 Å². The van der Waals surface area contributed by atoms with Crippen LogP contribution in [-0.4, -0.2) is 17.1 Å². The second-order valence-electron chi connectivity index (χ2n) is 1.13. The van der Waals surface area contributed by atoms with Gasteiger partial charge in [0.1, 0.15) is 6.04 Å². The number of carbonyl (C=O) groups is 1.